The van der Waals surface area contributed by atoms with Crippen molar-refractivity contribution in [1.82, 2.24) is 0 Å². The Balaban J connectivity index is 1.95. The van der Waals surface area contributed by atoms with E-state index in [9.17, 15) is 14.7 Å². The zero-order chi connectivity index (χ0) is 28.6. The molecular formula is C30H38O9. The molecule has 0 bridgehead atoms. The van der Waals surface area contributed by atoms with Crippen molar-refractivity contribution in [2.24, 2.45) is 0 Å². The second-order valence-electron chi connectivity index (χ2n) is 10.4. The van der Waals surface area contributed by atoms with E-state index in [0.29, 0.717) is 17.9 Å². The predicted molar refractivity (Wildman–Crippen MR) is 143 cm³/mol. The van der Waals surface area contributed by atoms with Gasteiger partial charge >= 0.3 is 11.9 Å². The number of methoxy groups -OCH3 is 1. The molecule has 0 radical (unpaired) electrons. The second kappa shape index (κ2) is 13.2. The average Bonchev–Trinajstić information content (AvgIpc) is 3.19. The van der Waals surface area contributed by atoms with Crippen molar-refractivity contribution >= 4 is 11.9 Å². The third-order valence-corrected chi connectivity index (χ3v) is 6.06. The smallest absolute Gasteiger partial charge is 0.351 e. The summed E-state index contributed by atoms with van der Waals surface area (Å²) in [6.07, 6.45) is 1.43. The summed E-state index contributed by atoms with van der Waals surface area (Å²) in [6, 6.07) is 6.68. The number of benzene rings is 1. The lowest BCUT2D eigenvalue weighted by Crippen LogP contribution is -2.59. The summed E-state index contributed by atoms with van der Waals surface area (Å²) in [6.45, 7) is 11.1. The minimum atomic E-state index is -2.17. The Morgan fingerprint density at radius 2 is 1.95 bits per heavy atom. The molecule has 1 fully saturated rings. The van der Waals surface area contributed by atoms with Crippen molar-refractivity contribution in [2.75, 3.05) is 20.3 Å². The molecule has 3 rings (SSSR count). The summed E-state index contributed by atoms with van der Waals surface area (Å²) in [5.41, 5.74) is -2.49. The normalized spacial score (nSPS) is 23.5. The molecule has 2 aliphatic rings. The largest absolute Gasteiger partial charge is 0.493 e. The number of esters is 2. The van der Waals surface area contributed by atoms with Crippen LogP contribution in [-0.4, -0.2) is 67.1 Å². The Kier molecular flexibility index (Phi) is 10.2. The number of carbonyl (C=O) groups is 2. The number of carbonyl (C=O) groups excluding carboxylic acids is 2. The Hall–Kier alpha value is -3.32. The van der Waals surface area contributed by atoms with E-state index in [4.69, 9.17) is 28.4 Å². The van der Waals surface area contributed by atoms with E-state index in [-0.39, 0.29) is 30.6 Å². The lowest BCUT2D eigenvalue weighted by Gasteiger charge is -2.37. The summed E-state index contributed by atoms with van der Waals surface area (Å²) >= 11 is 0. The molecule has 1 aromatic carbocycles. The minimum Gasteiger partial charge on any atom is -0.493 e. The van der Waals surface area contributed by atoms with E-state index >= 15 is 0 Å². The van der Waals surface area contributed by atoms with Crippen LogP contribution in [0.25, 0.3) is 0 Å². The van der Waals surface area contributed by atoms with Gasteiger partial charge in [0.25, 0.3) is 0 Å². The number of ether oxygens (including phenoxy) is 6. The van der Waals surface area contributed by atoms with Gasteiger partial charge in [-0.3, -0.25) is 4.79 Å². The molecule has 4 atom stereocenters. The van der Waals surface area contributed by atoms with Crippen molar-refractivity contribution in [3.63, 3.8) is 0 Å². The van der Waals surface area contributed by atoms with E-state index in [1.165, 1.54) is 14.0 Å². The number of hydrogen-bond acceptors (Lipinski definition) is 9. The van der Waals surface area contributed by atoms with Crippen molar-refractivity contribution in [1.29, 1.82) is 0 Å². The Morgan fingerprint density at radius 1 is 1.23 bits per heavy atom. The molecular weight excluding hydrogens is 504 g/mol. The molecule has 1 unspecified atom stereocenters. The monoisotopic (exact) mass is 542 g/mol. The van der Waals surface area contributed by atoms with Crippen molar-refractivity contribution in [2.45, 2.75) is 83.1 Å². The van der Waals surface area contributed by atoms with Gasteiger partial charge in [-0.25, -0.2) is 4.79 Å². The predicted octanol–water partition coefficient (Wildman–Crippen LogP) is 3.88. The fourth-order valence-corrected chi connectivity index (χ4v) is 4.29. The summed E-state index contributed by atoms with van der Waals surface area (Å²) in [5.74, 6) is 4.83. The maximum atomic E-state index is 13.5. The van der Waals surface area contributed by atoms with E-state index in [1.54, 1.807) is 51.1 Å². The van der Waals surface area contributed by atoms with Gasteiger partial charge in [0.05, 0.1) is 13.7 Å². The lowest BCUT2D eigenvalue weighted by atomic mass is 9.86. The molecule has 1 aliphatic carbocycles. The number of hydrogen-bond donors (Lipinski definition) is 1. The zero-order valence-electron chi connectivity index (χ0n) is 23.3. The Bertz CT molecular complexity index is 1130. The molecule has 0 saturated carbocycles. The minimum absolute atomic E-state index is 0.105. The molecule has 9 nitrogen and oxygen atoms in total. The van der Waals surface area contributed by atoms with Crippen LogP contribution in [0.3, 0.4) is 0 Å². The fraction of sp³-hybridized carbons (Fsp3) is 0.533. The summed E-state index contributed by atoms with van der Waals surface area (Å²) in [4.78, 5) is 25.5. The maximum absolute atomic E-state index is 13.5. The standard InChI is InChI=1S/C30H38O9/c1-20(19-36-26-13-9-10-18-35-26)14-15-22-16-17-25(37-21(2)31)30(22,33)27(28(32)39-29(3,4)5)38-24-12-8-7-11-23(24)34-6/h7-8,11-12,16,25-27,33H,1,9-10,13,17-19H2,2-6H3/t25-,26?,27-,30+/m0/s1. The molecule has 0 aromatic heterocycles. The molecule has 9 heteroatoms. The van der Waals surface area contributed by atoms with E-state index in [2.05, 4.69) is 18.4 Å². The van der Waals surface area contributed by atoms with Gasteiger partial charge in [-0.15, -0.1) is 0 Å². The quantitative estimate of drug-likeness (QED) is 0.367. The van der Waals surface area contributed by atoms with Gasteiger partial charge in [0.15, 0.2) is 23.4 Å². The van der Waals surface area contributed by atoms with Gasteiger partial charge < -0.3 is 33.5 Å². The highest BCUT2D eigenvalue weighted by atomic mass is 16.7. The van der Waals surface area contributed by atoms with Gasteiger partial charge in [-0.1, -0.05) is 36.6 Å². The Morgan fingerprint density at radius 3 is 2.56 bits per heavy atom. The molecule has 0 spiro atoms. The van der Waals surface area contributed by atoms with Crippen LogP contribution in [0.1, 0.15) is 53.4 Å². The molecule has 1 N–H and O–H groups in total. The van der Waals surface area contributed by atoms with Crippen molar-refractivity contribution < 1.29 is 43.1 Å². The number of rotatable bonds is 9. The molecule has 212 valence electrons. The Labute approximate surface area is 230 Å². The highest BCUT2D eigenvalue weighted by Crippen LogP contribution is 2.40. The summed E-state index contributed by atoms with van der Waals surface area (Å²) < 4.78 is 33.9. The second-order valence-corrected chi connectivity index (χ2v) is 10.4. The summed E-state index contributed by atoms with van der Waals surface area (Å²) in [7, 11) is 1.46. The van der Waals surface area contributed by atoms with Crippen LogP contribution in [-0.2, 0) is 28.5 Å². The first-order valence-corrected chi connectivity index (χ1v) is 13.0. The van der Waals surface area contributed by atoms with Crippen LogP contribution >= 0.6 is 0 Å². The average molecular weight is 543 g/mol. The first kappa shape index (κ1) is 30.2. The lowest BCUT2D eigenvalue weighted by molar-refractivity contribution is -0.188. The molecule has 0 amide bonds. The van der Waals surface area contributed by atoms with Crippen molar-refractivity contribution in [3.8, 4) is 23.3 Å². The van der Waals surface area contributed by atoms with Gasteiger partial charge in [-0.05, 0) is 52.2 Å². The zero-order valence-corrected chi connectivity index (χ0v) is 23.3. The van der Waals surface area contributed by atoms with Gasteiger partial charge in [-0.2, -0.15) is 0 Å². The van der Waals surface area contributed by atoms with Gasteiger partial charge in [0.1, 0.15) is 11.7 Å². The van der Waals surface area contributed by atoms with Crippen LogP contribution in [0.15, 0.2) is 48.1 Å². The third-order valence-electron chi connectivity index (χ3n) is 6.06. The number of aliphatic hydroxyl groups is 1. The van der Waals surface area contributed by atoms with Crippen LogP contribution < -0.4 is 9.47 Å². The van der Waals surface area contributed by atoms with Crippen LogP contribution in [0.5, 0.6) is 11.5 Å². The van der Waals surface area contributed by atoms with Crippen LogP contribution in [0.2, 0.25) is 0 Å². The van der Waals surface area contributed by atoms with Crippen molar-refractivity contribution in [3.05, 3.63) is 48.1 Å². The van der Waals surface area contributed by atoms with Gasteiger partial charge in [0.2, 0.25) is 6.10 Å². The topological polar surface area (TPSA) is 110 Å². The fourth-order valence-electron chi connectivity index (χ4n) is 4.29. The molecule has 39 heavy (non-hydrogen) atoms. The molecule has 1 saturated heterocycles. The third kappa shape index (κ3) is 8.09. The first-order valence-electron chi connectivity index (χ1n) is 13.0. The first-order chi connectivity index (χ1) is 18.4. The van der Waals surface area contributed by atoms with Crippen LogP contribution in [0, 0.1) is 11.8 Å². The van der Waals surface area contributed by atoms with E-state index in [0.717, 1.165) is 19.3 Å². The summed E-state index contributed by atoms with van der Waals surface area (Å²) in [5, 5.41) is 12.2. The molecule has 1 aromatic rings. The van der Waals surface area contributed by atoms with E-state index in [1.807, 2.05) is 0 Å². The molecule has 1 heterocycles. The highest BCUT2D eigenvalue weighted by Gasteiger charge is 2.57. The SMILES string of the molecule is C=C(C#CC1=CC[C@H](OC(C)=O)[C@@]1(O)[C@@H](Oc1ccccc1OC)C(=O)OC(C)(C)C)COC1CCCCO1. The van der Waals surface area contributed by atoms with E-state index < -0.39 is 35.3 Å². The number of para-hydroxylation sites is 2. The van der Waals surface area contributed by atoms with Crippen LogP contribution in [0.4, 0.5) is 0 Å². The highest BCUT2D eigenvalue weighted by molar-refractivity contribution is 5.80. The maximum Gasteiger partial charge on any atom is 0.351 e. The molecule has 1 aliphatic heterocycles. The van der Waals surface area contributed by atoms with Gasteiger partial charge in [0, 0.05) is 31.1 Å².